The van der Waals surface area contributed by atoms with Crippen LogP contribution in [0.1, 0.15) is 70.6 Å². The molecule has 0 unspecified atom stereocenters. The topological polar surface area (TPSA) is 18.5 Å². The van der Waals surface area contributed by atoms with E-state index in [2.05, 4.69) is 6.08 Å². The second kappa shape index (κ2) is 8.58. The van der Waals surface area contributed by atoms with Crippen LogP contribution in [0.25, 0.3) is 0 Å². The highest BCUT2D eigenvalue weighted by atomic mass is 16.5. The van der Waals surface area contributed by atoms with Crippen LogP contribution in [-0.4, -0.2) is 19.3 Å². The zero-order valence-corrected chi connectivity index (χ0v) is 11.7. The van der Waals surface area contributed by atoms with Crippen LogP contribution < -0.4 is 0 Å². The summed E-state index contributed by atoms with van der Waals surface area (Å²) in [5.41, 5.74) is 0. The van der Waals surface area contributed by atoms with E-state index in [1.807, 2.05) is 0 Å². The van der Waals surface area contributed by atoms with Gasteiger partial charge in [0.05, 0.1) is 18.5 Å². The molecule has 0 radical (unpaired) electrons. The molecule has 2 rings (SSSR count). The van der Waals surface area contributed by atoms with Gasteiger partial charge in [0.2, 0.25) is 0 Å². The van der Waals surface area contributed by atoms with E-state index in [0.717, 1.165) is 32.5 Å². The fourth-order valence-corrected chi connectivity index (χ4v) is 2.83. The molecule has 104 valence electrons. The summed E-state index contributed by atoms with van der Waals surface area (Å²) in [5, 5.41) is 0. The summed E-state index contributed by atoms with van der Waals surface area (Å²) >= 11 is 0. The molecule has 0 heterocycles. The normalized spacial score (nSPS) is 21.7. The quantitative estimate of drug-likeness (QED) is 0.617. The number of hydrogen-bond acceptors (Lipinski definition) is 2. The molecule has 2 aliphatic carbocycles. The van der Waals surface area contributed by atoms with Crippen molar-refractivity contribution < 1.29 is 9.47 Å². The third kappa shape index (κ3) is 5.43. The van der Waals surface area contributed by atoms with Gasteiger partial charge in [-0.25, -0.2) is 0 Å². The molecule has 18 heavy (non-hydrogen) atoms. The Hall–Kier alpha value is -0.500. The predicted molar refractivity (Wildman–Crippen MR) is 74.6 cm³/mol. The maximum atomic E-state index is 5.90. The molecule has 2 aliphatic rings. The molecule has 0 saturated heterocycles. The summed E-state index contributed by atoms with van der Waals surface area (Å²) in [6.07, 6.45) is 16.8. The van der Waals surface area contributed by atoms with E-state index >= 15 is 0 Å². The molecular weight excluding hydrogens is 224 g/mol. The Morgan fingerprint density at radius 3 is 2.56 bits per heavy atom. The molecule has 0 bridgehead atoms. The van der Waals surface area contributed by atoms with E-state index in [9.17, 15) is 0 Å². The highest BCUT2D eigenvalue weighted by molar-refractivity contribution is 4.96. The fraction of sp³-hybridized carbons (Fsp3) is 0.875. The van der Waals surface area contributed by atoms with Gasteiger partial charge in [-0.1, -0.05) is 19.3 Å². The van der Waals surface area contributed by atoms with Crippen LogP contribution in [0.3, 0.4) is 0 Å². The highest BCUT2D eigenvalue weighted by Crippen LogP contribution is 2.21. The average Bonchev–Trinajstić information content (AvgIpc) is 2.45. The third-order valence-electron chi connectivity index (χ3n) is 3.98. The van der Waals surface area contributed by atoms with E-state index in [-0.39, 0.29) is 0 Å². The lowest BCUT2D eigenvalue weighted by Crippen LogP contribution is -2.17. The van der Waals surface area contributed by atoms with Crippen molar-refractivity contribution in [1.29, 1.82) is 0 Å². The van der Waals surface area contributed by atoms with E-state index < -0.39 is 0 Å². The highest BCUT2D eigenvalue weighted by Gasteiger charge is 2.12. The predicted octanol–water partition coefficient (Wildman–Crippen LogP) is 4.59. The molecule has 0 aromatic heterocycles. The van der Waals surface area contributed by atoms with Gasteiger partial charge in [-0.15, -0.1) is 0 Å². The van der Waals surface area contributed by atoms with Crippen molar-refractivity contribution in [3.8, 4) is 0 Å². The zero-order chi connectivity index (χ0) is 12.5. The maximum Gasteiger partial charge on any atom is 0.0919 e. The molecule has 0 aromatic rings. The summed E-state index contributed by atoms with van der Waals surface area (Å²) in [7, 11) is 0. The molecule has 0 amide bonds. The molecular formula is C16H28O2. The van der Waals surface area contributed by atoms with E-state index in [1.165, 1.54) is 57.1 Å². The lowest BCUT2D eigenvalue weighted by Gasteiger charge is -2.22. The second-order valence-corrected chi connectivity index (χ2v) is 5.60. The van der Waals surface area contributed by atoms with Crippen LogP contribution in [0.15, 0.2) is 11.8 Å². The summed E-state index contributed by atoms with van der Waals surface area (Å²) in [6.45, 7) is 1.80. The summed E-state index contributed by atoms with van der Waals surface area (Å²) in [6, 6.07) is 0. The van der Waals surface area contributed by atoms with Gasteiger partial charge < -0.3 is 9.47 Å². The van der Waals surface area contributed by atoms with Gasteiger partial charge in [0, 0.05) is 13.0 Å². The minimum Gasteiger partial charge on any atom is -0.498 e. The summed E-state index contributed by atoms with van der Waals surface area (Å²) in [4.78, 5) is 0. The molecule has 0 atom stereocenters. The Morgan fingerprint density at radius 1 is 0.944 bits per heavy atom. The van der Waals surface area contributed by atoms with Crippen molar-refractivity contribution in [1.82, 2.24) is 0 Å². The molecule has 1 saturated carbocycles. The molecule has 0 aliphatic heterocycles. The lowest BCUT2D eigenvalue weighted by molar-refractivity contribution is 0.0241. The van der Waals surface area contributed by atoms with E-state index in [1.54, 1.807) is 0 Å². The lowest BCUT2D eigenvalue weighted by atomic mass is 9.98. The van der Waals surface area contributed by atoms with Gasteiger partial charge in [-0.3, -0.25) is 0 Å². The number of rotatable bonds is 7. The number of allylic oxidation sites excluding steroid dienone is 2. The van der Waals surface area contributed by atoms with Crippen LogP contribution >= 0.6 is 0 Å². The summed E-state index contributed by atoms with van der Waals surface area (Å²) < 4.78 is 11.7. The molecule has 2 nitrogen and oxygen atoms in total. The molecule has 2 heteroatoms. The van der Waals surface area contributed by atoms with E-state index in [4.69, 9.17) is 9.47 Å². The smallest absolute Gasteiger partial charge is 0.0919 e. The Kier molecular flexibility index (Phi) is 6.63. The maximum absolute atomic E-state index is 5.90. The van der Waals surface area contributed by atoms with Gasteiger partial charge in [0.15, 0.2) is 0 Å². The van der Waals surface area contributed by atoms with Crippen LogP contribution in [0.4, 0.5) is 0 Å². The zero-order valence-electron chi connectivity index (χ0n) is 11.7. The fourth-order valence-electron chi connectivity index (χ4n) is 2.83. The van der Waals surface area contributed by atoms with Gasteiger partial charge in [0.1, 0.15) is 0 Å². The Labute approximate surface area is 112 Å². The average molecular weight is 252 g/mol. The molecule has 0 aromatic carbocycles. The van der Waals surface area contributed by atoms with Crippen molar-refractivity contribution >= 4 is 0 Å². The van der Waals surface area contributed by atoms with Crippen molar-refractivity contribution in [3.63, 3.8) is 0 Å². The van der Waals surface area contributed by atoms with Gasteiger partial charge in [0.25, 0.3) is 0 Å². The van der Waals surface area contributed by atoms with Crippen LogP contribution in [0.5, 0.6) is 0 Å². The van der Waals surface area contributed by atoms with Crippen molar-refractivity contribution in [2.75, 3.05) is 13.2 Å². The second-order valence-electron chi connectivity index (χ2n) is 5.60. The van der Waals surface area contributed by atoms with Crippen molar-refractivity contribution in [2.24, 2.45) is 0 Å². The van der Waals surface area contributed by atoms with Crippen LogP contribution in [-0.2, 0) is 9.47 Å². The standard InChI is InChI=1S/C16H28O2/c1-3-9-15(10-4-1)17-13-7-8-14-18-16-11-5-2-6-12-16/h9,16H,1-8,10-14H2. The molecule has 1 fully saturated rings. The Morgan fingerprint density at radius 2 is 1.78 bits per heavy atom. The largest absolute Gasteiger partial charge is 0.498 e. The molecule has 0 N–H and O–H groups in total. The van der Waals surface area contributed by atoms with Crippen molar-refractivity contribution in [3.05, 3.63) is 11.8 Å². The number of ether oxygens (including phenoxy) is 2. The SMILES string of the molecule is C1=C(OCCCCOC2CCCCC2)CCCC1. The van der Waals surface area contributed by atoms with Crippen LogP contribution in [0, 0.1) is 0 Å². The van der Waals surface area contributed by atoms with Crippen LogP contribution in [0.2, 0.25) is 0 Å². The first-order valence-electron chi connectivity index (χ1n) is 7.88. The minimum atomic E-state index is 0.556. The minimum absolute atomic E-state index is 0.556. The van der Waals surface area contributed by atoms with Crippen molar-refractivity contribution in [2.45, 2.75) is 76.7 Å². The molecule has 0 spiro atoms. The summed E-state index contributed by atoms with van der Waals surface area (Å²) in [5.74, 6) is 1.23. The number of unbranched alkanes of at least 4 members (excludes halogenated alkanes) is 1. The first-order valence-corrected chi connectivity index (χ1v) is 7.88. The monoisotopic (exact) mass is 252 g/mol. The van der Waals surface area contributed by atoms with Gasteiger partial charge in [-0.05, 0) is 51.0 Å². The van der Waals surface area contributed by atoms with E-state index in [0.29, 0.717) is 6.10 Å². The number of hydrogen-bond donors (Lipinski definition) is 0. The Balaban J connectivity index is 1.42. The van der Waals surface area contributed by atoms with Gasteiger partial charge in [-0.2, -0.15) is 0 Å². The first kappa shape index (κ1) is 13.9. The first-order chi connectivity index (χ1) is 8.95. The Bertz CT molecular complexity index is 241. The third-order valence-corrected chi connectivity index (χ3v) is 3.98. The van der Waals surface area contributed by atoms with Gasteiger partial charge >= 0.3 is 0 Å².